The van der Waals surface area contributed by atoms with Crippen molar-refractivity contribution in [1.82, 2.24) is 30.5 Å². The van der Waals surface area contributed by atoms with Gasteiger partial charge >= 0.3 is 6.16 Å². The highest BCUT2D eigenvalue weighted by atomic mass is 16.7. The van der Waals surface area contributed by atoms with Crippen LogP contribution < -0.4 is 0 Å². The number of benzene rings is 2. The van der Waals surface area contributed by atoms with Crippen LogP contribution in [0.5, 0.6) is 0 Å². The Balaban J connectivity index is 1.41. The Morgan fingerprint density at radius 2 is 1.85 bits per heavy atom. The molecule has 5 rings (SSSR count). The van der Waals surface area contributed by atoms with E-state index >= 15 is 0 Å². The van der Waals surface area contributed by atoms with Crippen LogP contribution in [0.2, 0.25) is 0 Å². The number of unbranched alkanes of at least 4 members (excludes halogenated alkanes) is 1. The lowest BCUT2D eigenvalue weighted by atomic mass is 9.84. The van der Waals surface area contributed by atoms with Crippen molar-refractivity contribution in [3.05, 3.63) is 60.2 Å². The number of aromatic amines is 1. The molecule has 0 bridgehead atoms. The van der Waals surface area contributed by atoms with Crippen molar-refractivity contribution in [1.29, 1.82) is 0 Å². The van der Waals surface area contributed by atoms with E-state index in [1.54, 1.807) is 4.90 Å². The lowest BCUT2D eigenvalue weighted by Gasteiger charge is -2.39. The Morgan fingerprint density at radius 3 is 2.58 bits per heavy atom. The van der Waals surface area contributed by atoms with Gasteiger partial charge < -0.3 is 14.7 Å². The van der Waals surface area contributed by atoms with Gasteiger partial charge in [-0.05, 0) is 66.3 Å². The molecule has 1 aliphatic carbocycles. The number of ether oxygens (including phenoxy) is 1. The third-order valence-corrected chi connectivity index (χ3v) is 7.58. The van der Waals surface area contributed by atoms with Crippen LogP contribution in [0.25, 0.3) is 33.5 Å². The highest BCUT2D eigenvalue weighted by Crippen LogP contribution is 2.34. The maximum absolute atomic E-state index is 13.3. The van der Waals surface area contributed by atoms with E-state index in [2.05, 4.69) is 27.5 Å². The van der Waals surface area contributed by atoms with Gasteiger partial charge in [-0.25, -0.2) is 14.9 Å². The number of amides is 1. The molecule has 1 fully saturated rings. The van der Waals surface area contributed by atoms with E-state index < -0.39 is 11.8 Å². The first-order valence-corrected chi connectivity index (χ1v) is 13.9. The Morgan fingerprint density at radius 1 is 1.05 bits per heavy atom. The van der Waals surface area contributed by atoms with Crippen molar-refractivity contribution >= 4 is 23.0 Å². The summed E-state index contributed by atoms with van der Waals surface area (Å²) in [7, 11) is 0. The van der Waals surface area contributed by atoms with Gasteiger partial charge in [0.2, 0.25) is 5.91 Å². The van der Waals surface area contributed by atoms with Crippen LogP contribution in [-0.2, 0) is 16.1 Å². The second kappa shape index (κ2) is 12.2. The standard InChI is InChI=1S/C30H34N6O4/c1-2-3-11-27(37)36(20-30(40-29(38)39)16-7-4-8-17-30)19-21-12-14-25-22(18-21)13-15-26(31-25)23-9-5-6-10-24(23)28-32-34-35-33-28/h5-6,9-10,12-15,18H,2-4,7-8,11,16-17,19-20H2,1H3,(H,38,39)(H,32,33,34,35). The van der Waals surface area contributed by atoms with E-state index in [9.17, 15) is 14.7 Å². The number of pyridine rings is 1. The number of H-pyrrole nitrogens is 1. The first kappa shape index (κ1) is 27.2. The van der Waals surface area contributed by atoms with Crippen LogP contribution in [0.4, 0.5) is 4.79 Å². The van der Waals surface area contributed by atoms with Crippen molar-refractivity contribution in [2.75, 3.05) is 6.54 Å². The number of hydrogen-bond donors (Lipinski definition) is 2. The molecule has 2 aromatic heterocycles. The number of aromatic nitrogens is 5. The molecule has 0 aliphatic heterocycles. The zero-order valence-electron chi connectivity index (χ0n) is 22.7. The van der Waals surface area contributed by atoms with E-state index in [1.807, 2.05) is 54.6 Å². The SMILES string of the molecule is CCCCC(=O)N(Cc1ccc2nc(-c3ccccc3-c3nnn[nH]3)ccc2c1)CC1(OC(=O)O)CCCCC1. The number of tetrazole rings is 1. The topological polar surface area (TPSA) is 134 Å². The molecule has 0 saturated heterocycles. The van der Waals surface area contributed by atoms with Gasteiger partial charge in [0.15, 0.2) is 5.82 Å². The van der Waals surface area contributed by atoms with E-state index in [1.165, 1.54) is 0 Å². The summed E-state index contributed by atoms with van der Waals surface area (Å²) in [4.78, 5) is 31.6. The minimum atomic E-state index is -1.28. The molecule has 0 atom stereocenters. The minimum absolute atomic E-state index is 0.0212. The molecule has 0 unspecified atom stereocenters. The van der Waals surface area contributed by atoms with E-state index in [0.29, 0.717) is 31.6 Å². The lowest BCUT2D eigenvalue weighted by molar-refractivity contribution is -0.138. The molecular weight excluding hydrogens is 508 g/mol. The fraction of sp³-hybridized carbons (Fsp3) is 0.400. The summed E-state index contributed by atoms with van der Waals surface area (Å²) in [5.41, 5.74) is 3.50. The van der Waals surface area contributed by atoms with Gasteiger partial charge in [-0.15, -0.1) is 5.10 Å². The maximum Gasteiger partial charge on any atom is 0.506 e. The molecular formula is C30H34N6O4. The fourth-order valence-corrected chi connectivity index (χ4v) is 5.57. The second-order valence-electron chi connectivity index (χ2n) is 10.5. The van der Waals surface area contributed by atoms with Gasteiger partial charge in [-0.3, -0.25) is 4.79 Å². The predicted molar refractivity (Wildman–Crippen MR) is 150 cm³/mol. The average Bonchev–Trinajstić information content (AvgIpc) is 3.50. The van der Waals surface area contributed by atoms with Crippen molar-refractivity contribution < 1.29 is 19.4 Å². The second-order valence-corrected chi connectivity index (χ2v) is 10.5. The number of rotatable bonds is 10. The summed E-state index contributed by atoms with van der Waals surface area (Å²) in [5, 5.41) is 24.7. The summed E-state index contributed by atoms with van der Waals surface area (Å²) in [6.45, 7) is 2.70. The van der Waals surface area contributed by atoms with Crippen LogP contribution in [0, 0.1) is 0 Å². The van der Waals surface area contributed by atoms with Crippen molar-refractivity contribution in [3.63, 3.8) is 0 Å². The molecule has 1 aliphatic rings. The molecule has 4 aromatic rings. The lowest BCUT2D eigenvalue weighted by Crippen LogP contribution is -2.49. The van der Waals surface area contributed by atoms with Gasteiger partial charge in [0.1, 0.15) is 5.60 Å². The summed E-state index contributed by atoms with van der Waals surface area (Å²) in [6, 6.07) is 17.8. The molecule has 2 N–H and O–H groups in total. The molecule has 2 heterocycles. The fourth-order valence-electron chi connectivity index (χ4n) is 5.57. The average molecular weight is 543 g/mol. The van der Waals surface area contributed by atoms with Gasteiger partial charge in [-0.2, -0.15) is 0 Å². The molecule has 0 radical (unpaired) electrons. The molecule has 1 saturated carbocycles. The first-order chi connectivity index (χ1) is 19.5. The summed E-state index contributed by atoms with van der Waals surface area (Å²) in [6.07, 6.45) is 4.95. The largest absolute Gasteiger partial charge is 0.506 e. The minimum Gasteiger partial charge on any atom is -0.450 e. The molecule has 2 aromatic carbocycles. The number of carboxylic acid groups (broad SMARTS) is 1. The summed E-state index contributed by atoms with van der Waals surface area (Å²) >= 11 is 0. The number of carbonyl (C=O) groups excluding carboxylic acids is 1. The molecule has 10 nitrogen and oxygen atoms in total. The van der Waals surface area contributed by atoms with Crippen LogP contribution in [0.1, 0.15) is 63.9 Å². The van der Waals surface area contributed by atoms with Gasteiger partial charge in [0.25, 0.3) is 0 Å². The van der Waals surface area contributed by atoms with Gasteiger partial charge in [0, 0.05) is 29.5 Å². The number of carbonyl (C=O) groups is 2. The molecule has 0 spiro atoms. The van der Waals surface area contributed by atoms with Gasteiger partial charge in [-0.1, -0.05) is 56.2 Å². The quantitative estimate of drug-likeness (QED) is 0.233. The first-order valence-electron chi connectivity index (χ1n) is 13.9. The Labute approximate surface area is 232 Å². The van der Waals surface area contributed by atoms with Crippen LogP contribution in [0.3, 0.4) is 0 Å². The third-order valence-electron chi connectivity index (χ3n) is 7.58. The monoisotopic (exact) mass is 542 g/mol. The van der Waals surface area contributed by atoms with E-state index in [4.69, 9.17) is 9.72 Å². The van der Waals surface area contributed by atoms with Crippen LogP contribution in [-0.4, -0.2) is 59.8 Å². The van der Waals surface area contributed by atoms with Crippen molar-refractivity contribution in [2.45, 2.75) is 70.4 Å². The number of fused-ring (bicyclic) bond motifs is 1. The highest BCUT2D eigenvalue weighted by Gasteiger charge is 2.39. The molecule has 40 heavy (non-hydrogen) atoms. The Bertz CT molecular complexity index is 1470. The van der Waals surface area contributed by atoms with E-state index in [0.717, 1.165) is 65.4 Å². The normalized spacial score (nSPS) is 14.6. The maximum atomic E-state index is 13.3. The zero-order chi connectivity index (χ0) is 28.0. The molecule has 1 amide bonds. The zero-order valence-corrected chi connectivity index (χ0v) is 22.7. The smallest absolute Gasteiger partial charge is 0.450 e. The van der Waals surface area contributed by atoms with Crippen molar-refractivity contribution in [2.24, 2.45) is 0 Å². The molecule has 208 valence electrons. The van der Waals surface area contributed by atoms with Crippen LogP contribution >= 0.6 is 0 Å². The van der Waals surface area contributed by atoms with Crippen molar-refractivity contribution in [3.8, 4) is 22.6 Å². The number of nitrogens with one attached hydrogen (secondary N) is 1. The van der Waals surface area contributed by atoms with Crippen LogP contribution in [0.15, 0.2) is 54.6 Å². The predicted octanol–water partition coefficient (Wildman–Crippen LogP) is 6.00. The van der Waals surface area contributed by atoms with Gasteiger partial charge in [0.05, 0.1) is 17.8 Å². The van der Waals surface area contributed by atoms with E-state index in [-0.39, 0.29) is 12.5 Å². The molecule has 10 heteroatoms. The highest BCUT2D eigenvalue weighted by molar-refractivity contribution is 5.85. The Hall–Kier alpha value is -4.34. The number of nitrogens with zero attached hydrogens (tertiary/aromatic N) is 5. The number of hydrogen-bond acceptors (Lipinski definition) is 7. The summed E-state index contributed by atoms with van der Waals surface area (Å²) in [5.74, 6) is 0.594. The third kappa shape index (κ3) is 6.27. The Kier molecular flexibility index (Phi) is 8.33. The summed E-state index contributed by atoms with van der Waals surface area (Å²) < 4.78 is 5.46.